The summed E-state index contributed by atoms with van der Waals surface area (Å²) in [4.78, 5) is 21.8. The van der Waals surface area contributed by atoms with Gasteiger partial charge in [0, 0.05) is 6.07 Å². The van der Waals surface area contributed by atoms with Crippen LogP contribution in [0, 0.1) is 15.9 Å². The predicted octanol–water partition coefficient (Wildman–Crippen LogP) is 2.95. The molecule has 0 aliphatic rings. The molecule has 0 aliphatic heterocycles. The van der Waals surface area contributed by atoms with Crippen molar-refractivity contribution in [2.24, 2.45) is 0 Å². The van der Waals surface area contributed by atoms with Gasteiger partial charge in [-0.3, -0.25) is 10.1 Å². The zero-order valence-electron chi connectivity index (χ0n) is 9.58. The summed E-state index contributed by atoms with van der Waals surface area (Å²) in [5, 5.41) is 10.7. The van der Waals surface area contributed by atoms with Gasteiger partial charge in [0.1, 0.15) is 5.82 Å². The molecule has 0 aromatic heterocycles. The van der Waals surface area contributed by atoms with E-state index in [-0.39, 0.29) is 17.0 Å². The molecule has 19 heavy (non-hydrogen) atoms. The summed E-state index contributed by atoms with van der Waals surface area (Å²) < 4.78 is 17.9. The lowest BCUT2D eigenvalue weighted by Gasteiger charge is -2.04. The monoisotopic (exact) mass is 261 g/mol. The number of para-hydroxylation sites is 2. The number of nitro benzene ring substituents is 1. The molecule has 0 radical (unpaired) electrons. The van der Waals surface area contributed by atoms with Gasteiger partial charge in [-0.15, -0.1) is 0 Å². The number of esters is 1. The summed E-state index contributed by atoms with van der Waals surface area (Å²) >= 11 is 0. The van der Waals surface area contributed by atoms with Crippen molar-refractivity contribution in [2.75, 3.05) is 0 Å². The highest BCUT2D eigenvalue weighted by atomic mass is 19.1. The van der Waals surface area contributed by atoms with E-state index in [2.05, 4.69) is 0 Å². The third-order valence-corrected chi connectivity index (χ3v) is 2.32. The van der Waals surface area contributed by atoms with Crippen LogP contribution in [0.25, 0.3) is 0 Å². The van der Waals surface area contributed by atoms with Crippen LogP contribution in [0.2, 0.25) is 0 Å². The number of halogens is 1. The van der Waals surface area contributed by atoms with E-state index in [1.54, 1.807) is 0 Å². The third kappa shape index (κ3) is 2.92. The van der Waals surface area contributed by atoms with E-state index in [0.717, 1.165) is 6.07 Å². The van der Waals surface area contributed by atoms with Crippen LogP contribution in [-0.4, -0.2) is 10.9 Å². The first kappa shape index (κ1) is 12.7. The number of nitro groups is 1. The molecule has 2 aromatic rings. The molecule has 0 unspecified atom stereocenters. The number of carbonyl (C=O) groups is 1. The highest BCUT2D eigenvalue weighted by Crippen LogP contribution is 2.26. The van der Waals surface area contributed by atoms with Gasteiger partial charge in [-0.05, 0) is 24.3 Å². The summed E-state index contributed by atoms with van der Waals surface area (Å²) in [5.41, 5.74) is -0.342. The van der Waals surface area contributed by atoms with E-state index < -0.39 is 16.7 Å². The highest BCUT2D eigenvalue weighted by Gasteiger charge is 2.18. The van der Waals surface area contributed by atoms with Gasteiger partial charge in [0.15, 0.2) is 0 Å². The van der Waals surface area contributed by atoms with Crippen LogP contribution in [0.15, 0.2) is 48.5 Å². The topological polar surface area (TPSA) is 69.4 Å². The Hall–Kier alpha value is -2.76. The molecule has 2 rings (SSSR count). The van der Waals surface area contributed by atoms with Crippen LogP contribution in [0.3, 0.4) is 0 Å². The number of hydrogen-bond donors (Lipinski definition) is 0. The van der Waals surface area contributed by atoms with Gasteiger partial charge in [0.05, 0.1) is 10.5 Å². The summed E-state index contributed by atoms with van der Waals surface area (Å²) in [5.74, 6) is -1.62. The minimum Gasteiger partial charge on any atom is -0.416 e. The van der Waals surface area contributed by atoms with E-state index in [1.165, 1.54) is 42.5 Å². The Bertz CT molecular complexity index is 642. The molecular formula is C13H8FNO4. The molecule has 0 fully saturated rings. The maximum Gasteiger partial charge on any atom is 0.343 e. The summed E-state index contributed by atoms with van der Waals surface area (Å²) in [6, 6.07) is 10.4. The number of hydrogen-bond acceptors (Lipinski definition) is 4. The van der Waals surface area contributed by atoms with Crippen LogP contribution in [-0.2, 0) is 0 Å². The lowest BCUT2D eigenvalue weighted by molar-refractivity contribution is -0.385. The molecule has 0 heterocycles. The van der Waals surface area contributed by atoms with E-state index >= 15 is 0 Å². The number of rotatable bonds is 3. The molecule has 0 spiro atoms. The molecule has 0 bridgehead atoms. The Morgan fingerprint density at radius 1 is 1.16 bits per heavy atom. The fraction of sp³-hybridized carbons (Fsp3) is 0. The van der Waals surface area contributed by atoms with Crippen molar-refractivity contribution in [3.8, 4) is 5.75 Å². The van der Waals surface area contributed by atoms with E-state index in [0.29, 0.717) is 0 Å². The molecule has 6 heteroatoms. The van der Waals surface area contributed by atoms with Crippen molar-refractivity contribution in [1.29, 1.82) is 0 Å². The van der Waals surface area contributed by atoms with Crippen LogP contribution < -0.4 is 4.74 Å². The van der Waals surface area contributed by atoms with Crippen molar-refractivity contribution in [2.45, 2.75) is 0 Å². The number of carbonyl (C=O) groups excluding carboxylic acids is 1. The molecule has 5 nitrogen and oxygen atoms in total. The largest absolute Gasteiger partial charge is 0.416 e. The molecule has 0 saturated heterocycles. The molecular weight excluding hydrogens is 253 g/mol. The third-order valence-electron chi connectivity index (χ3n) is 2.32. The van der Waals surface area contributed by atoms with Gasteiger partial charge in [-0.25, -0.2) is 9.18 Å². The second kappa shape index (κ2) is 5.26. The van der Waals surface area contributed by atoms with E-state index in [9.17, 15) is 19.3 Å². The predicted molar refractivity (Wildman–Crippen MR) is 64.5 cm³/mol. The number of nitrogens with zero attached hydrogens (tertiary/aromatic N) is 1. The molecule has 0 aliphatic carbocycles. The van der Waals surface area contributed by atoms with Crippen molar-refractivity contribution >= 4 is 11.7 Å². The average Bonchev–Trinajstić information content (AvgIpc) is 2.39. The zero-order valence-corrected chi connectivity index (χ0v) is 9.58. The fourth-order valence-corrected chi connectivity index (χ4v) is 1.47. The lowest BCUT2D eigenvalue weighted by Crippen LogP contribution is -2.09. The van der Waals surface area contributed by atoms with Crippen molar-refractivity contribution in [1.82, 2.24) is 0 Å². The minimum atomic E-state index is -0.853. The summed E-state index contributed by atoms with van der Waals surface area (Å²) in [6.45, 7) is 0. The first-order chi connectivity index (χ1) is 9.08. The van der Waals surface area contributed by atoms with Gasteiger partial charge in [0.25, 0.3) is 0 Å². The van der Waals surface area contributed by atoms with Gasteiger partial charge in [-0.1, -0.05) is 18.2 Å². The van der Waals surface area contributed by atoms with E-state index in [1.807, 2.05) is 0 Å². The van der Waals surface area contributed by atoms with Crippen molar-refractivity contribution in [3.63, 3.8) is 0 Å². The Morgan fingerprint density at radius 2 is 1.89 bits per heavy atom. The summed E-state index contributed by atoms with van der Waals surface area (Å²) in [6.07, 6.45) is 0. The van der Waals surface area contributed by atoms with Crippen molar-refractivity contribution in [3.05, 3.63) is 70.0 Å². The number of benzene rings is 2. The Balaban J connectivity index is 2.27. The average molecular weight is 261 g/mol. The van der Waals surface area contributed by atoms with Crippen LogP contribution in [0.5, 0.6) is 5.75 Å². The van der Waals surface area contributed by atoms with Gasteiger partial charge >= 0.3 is 11.7 Å². The normalized spacial score (nSPS) is 9.95. The second-order valence-corrected chi connectivity index (χ2v) is 3.62. The van der Waals surface area contributed by atoms with Crippen molar-refractivity contribution < 1.29 is 18.8 Å². The van der Waals surface area contributed by atoms with Gasteiger partial charge in [0.2, 0.25) is 5.75 Å². The SMILES string of the molecule is O=C(Oc1ccccc1[N+](=O)[O-])c1cccc(F)c1. The first-order valence-electron chi connectivity index (χ1n) is 5.29. The van der Waals surface area contributed by atoms with Crippen LogP contribution >= 0.6 is 0 Å². The molecule has 0 N–H and O–H groups in total. The van der Waals surface area contributed by atoms with E-state index in [4.69, 9.17) is 4.74 Å². The maximum absolute atomic E-state index is 13.0. The standard InChI is InChI=1S/C13H8FNO4/c14-10-5-3-4-9(8-10)13(16)19-12-7-2-1-6-11(12)15(17)18/h1-8H. The smallest absolute Gasteiger partial charge is 0.343 e. The Kier molecular flexibility index (Phi) is 3.51. The highest BCUT2D eigenvalue weighted by molar-refractivity contribution is 5.91. The van der Waals surface area contributed by atoms with Crippen LogP contribution in [0.1, 0.15) is 10.4 Å². The lowest BCUT2D eigenvalue weighted by atomic mass is 10.2. The number of ether oxygens (including phenoxy) is 1. The summed E-state index contributed by atoms with van der Waals surface area (Å²) in [7, 11) is 0. The molecule has 0 saturated carbocycles. The zero-order chi connectivity index (χ0) is 13.8. The second-order valence-electron chi connectivity index (χ2n) is 3.62. The molecule has 0 atom stereocenters. The van der Waals surface area contributed by atoms with Gasteiger partial charge in [-0.2, -0.15) is 0 Å². The molecule has 0 amide bonds. The fourth-order valence-electron chi connectivity index (χ4n) is 1.47. The quantitative estimate of drug-likeness (QED) is 0.368. The minimum absolute atomic E-state index is 0.0156. The Labute approximate surface area is 107 Å². The first-order valence-corrected chi connectivity index (χ1v) is 5.29. The molecule has 2 aromatic carbocycles. The molecule has 96 valence electrons. The van der Waals surface area contributed by atoms with Crippen LogP contribution in [0.4, 0.5) is 10.1 Å². The van der Waals surface area contributed by atoms with Gasteiger partial charge < -0.3 is 4.74 Å². The maximum atomic E-state index is 13.0. The Morgan fingerprint density at radius 3 is 2.58 bits per heavy atom.